The number of carbonyl (C=O) groups is 2. The third kappa shape index (κ3) is 11.7. The molecular formula is C21H35Cl2NO2. The predicted molar refractivity (Wildman–Crippen MR) is 112 cm³/mol. The van der Waals surface area contributed by atoms with Crippen LogP contribution in [0.2, 0.25) is 0 Å². The molecule has 26 heavy (non-hydrogen) atoms. The van der Waals surface area contributed by atoms with E-state index in [9.17, 15) is 9.59 Å². The summed E-state index contributed by atoms with van der Waals surface area (Å²) in [6.45, 7) is 7.99. The Morgan fingerprint density at radius 3 is 2.31 bits per heavy atom. The first-order chi connectivity index (χ1) is 12.3. The van der Waals surface area contributed by atoms with Crippen LogP contribution < -0.4 is 5.32 Å². The third-order valence-electron chi connectivity index (χ3n) is 4.57. The fourth-order valence-corrected chi connectivity index (χ4v) is 3.47. The van der Waals surface area contributed by atoms with Crippen molar-refractivity contribution in [3.63, 3.8) is 0 Å². The molecule has 0 saturated heterocycles. The molecule has 1 N–H and O–H groups in total. The van der Waals surface area contributed by atoms with Gasteiger partial charge >= 0.3 is 0 Å². The van der Waals surface area contributed by atoms with Crippen molar-refractivity contribution in [1.82, 2.24) is 5.32 Å². The summed E-state index contributed by atoms with van der Waals surface area (Å²) in [5.41, 5.74) is 4.33. The molecule has 150 valence electrons. The van der Waals surface area contributed by atoms with E-state index in [-0.39, 0.29) is 29.6 Å². The average molecular weight is 404 g/mol. The van der Waals surface area contributed by atoms with Crippen molar-refractivity contribution in [2.75, 3.05) is 0 Å². The molecule has 0 spiro atoms. The highest BCUT2D eigenvalue weighted by Gasteiger charge is 2.22. The minimum absolute atomic E-state index is 0.00457. The molecule has 1 amide bonds. The number of hydrogen-bond acceptors (Lipinski definition) is 2. The molecule has 0 aromatic heterocycles. The molecule has 0 aromatic carbocycles. The fraction of sp³-hybridized carbons (Fsp3) is 0.714. The summed E-state index contributed by atoms with van der Waals surface area (Å²) in [6, 6.07) is -0.00457. The van der Waals surface area contributed by atoms with E-state index >= 15 is 0 Å². The maximum atomic E-state index is 12.4. The molecule has 0 aliphatic heterocycles. The highest BCUT2D eigenvalue weighted by atomic mass is 35.5. The third-order valence-corrected chi connectivity index (χ3v) is 5.06. The number of amides is 1. The van der Waals surface area contributed by atoms with Gasteiger partial charge in [0.1, 0.15) is 5.78 Å². The van der Waals surface area contributed by atoms with Crippen LogP contribution in [0.25, 0.3) is 0 Å². The van der Waals surface area contributed by atoms with Crippen molar-refractivity contribution in [2.24, 2.45) is 11.8 Å². The van der Waals surface area contributed by atoms with E-state index < -0.39 is 0 Å². The van der Waals surface area contributed by atoms with Crippen LogP contribution >= 0.6 is 23.2 Å². The molecule has 0 radical (unpaired) electrons. The highest BCUT2D eigenvalue weighted by Crippen LogP contribution is 2.18. The highest BCUT2D eigenvalue weighted by molar-refractivity contribution is 6.25. The summed E-state index contributed by atoms with van der Waals surface area (Å²) in [4.78, 5) is 24.5. The SMILES string of the molecule is CCC/C(=C\Cl)CCCC(=O)N[C@H](C)C[C@@H](C)C(=O)[C@H](C)CC/C=C/Cl. The number of ketones is 1. The normalized spacial score (nSPS) is 15.7. The van der Waals surface area contributed by atoms with Crippen LogP contribution in [0.1, 0.15) is 79.1 Å². The summed E-state index contributed by atoms with van der Waals surface area (Å²) in [5, 5.41) is 3.01. The summed E-state index contributed by atoms with van der Waals surface area (Å²) in [5.74, 6) is 0.254. The van der Waals surface area contributed by atoms with Crippen LogP contribution in [-0.2, 0) is 9.59 Å². The van der Waals surface area contributed by atoms with Gasteiger partial charge in [-0.25, -0.2) is 0 Å². The number of hydrogen-bond donors (Lipinski definition) is 1. The molecule has 0 heterocycles. The molecule has 0 fully saturated rings. The maximum absolute atomic E-state index is 12.4. The molecular weight excluding hydrogens is 369 g/mol. The second-order valence-corrected chi connectivity index (χ2v) is 7.69. The van der Waals surface area contributed by atoms with Crippen LogP contribution in [0, 0.1) is 11.8 Å². The van der Waals surface area contributed by atoms with E-state index in [1.807, 2.05) is 26.8 Å². The minimum Gasteiger partial charge on any atom is -0.354 e. The first kappa shape index (κ1) is 25.2. The zero-order chi connectivity index (χ0) is 19.9. The lowest BCUT2D eigenvalue weighted by Gasteiger charge is -2.20. The van der Waals surface area contributed by atoms with Gasteiger partial charge in [0.05, 0.1) is 0 Å². The lowest BCUT2D eigenvalue weighted by atomic mass is 9.88. The van der Waals surface area contributed by atoms with E-state index in [4.69, 9.17) is 23.2 Å². The summed E-state index contributed by atoms with van der Waals surface area (Å²) in [6.07, 6.45) is 8.36. The Morgan fingerprint density at radius 2 is 1.73 bits per heavy atom. The number of allylic oxidation sites excluding steroid dienone is 2. The predicted octanol–water partition coefficient (Wildman–Crippen LogP) is 6.35. The van der Waals surface area contributed by atoms with Crippen molar-refractivity contribution >= 4 is 34.9 Å². The second kappa shape index (κ2) is 15.3. The van der Waals surface area contributed by atoms with E-state index in [0.29, 0.717) is 12.8 Å². The van der Waals surface area contributed by atoms with Gasteiger partial charge in [-0.1, -0.05) is 62.0 Å². The molecule has 0 unspecified atom stereocenters. The molecule has 0 saturated carbocycles. The molecule has 0 bridgehead atoms. The van der Waals surface area contributed by atoms with Gasteiger partial charge in [0.2, 0.25) is 5.91 Å². The Bertz CT molecular complexity index is 475. The largest absolute Gasteiger partial charge is 0.354 e. The van der Waals surface area contributed by atoms with Crippen molar-refractivity contribution in [3.05, 3.63) is 22.7 Å². The Hall–Kier alpha value is -0.800. The minimum atomic E-state index is -0.0596. The molecule has 3 atom stereocenters. The first-order valence-electron chi connectivity index (χ1n) is 9.72. The van der Waals surface area contributed by atoms with Gasteiger partial charge in [-0.2, -0.15) is 0 Å². The van der Waals surface area contributed by atoms with Crippen LogP contribution in [0.3, 0.4) is 0 Å². The maximum Gasteiger partial charge on any atom is 0.220 e. The summed E-state index contributed by atoms with van der Waals surface area (Å²) in [7, 11) is 0. The van der Waals surface area contributed by atoms with Crippen molar-refractivity contribution in [3.8, 4) is 0 Å². The van der Waals surface area contributed by atoms with Gasteiger partial charge in [-0.05, 0) is 45.4 Å². The van der Waals surface area contributed by atoms with Gasteiger partial charge in [0.25, 0.3) is 0 Å². The monoisotopic (exact) mass is 403 g/mol. The summed E-state index contributed by atoms with van der Waals surface area (Å²) < 4.78 is 0. The number of rotatable bonds is 14. The standard InChI is InChI=1S/C21H35Cl2NO2/c1-5-9-19(15-23)11-8-12-20(25)24-18(4)14-17(3)21(26)16(2)10-6-7-13-22/h7,13,15-18H,5-6,8-12,14H2,1-4H3,(H,24,25)/b13-7+,19-15+/t16-,17-,18-/m1/s1. The quantitative estimate of drug-likeness (QED) is 0.367. The van der Waals surface area contributed by atoms with Crippen LogP contribution in [0.15, 0.2) is 22.7 Å². The number of nitrogens with one attached hydrogen (secondary N) is 1. The van der Waals surface area contributed by atoms with Crippen LogP contribution in [-0.4, -0.2) is 17.7 Å². The lowest BCUT2D eigenvalue weighted by molar-refractivity contribution is -0.127. The van der Waals surface area contributed by atoms with Crippen LogP contribution in [0.5, 0.6) is 0 Å². The van der Waals surface area contributed by atoms with Gasteiger partial charge in [-0.15, -0.1) is 0 Å². The zero-order valence-electron chi connectivity index (χ0n) is 16.7. The Labute approximate surface area is 169 Å². The molecule has 0 aliphatic rings. The van der Waals surface area contributed by atoms with E-state index in [2.05, 4.69) is 12.2 Å². The molecule has 0 rings (SSSR count). The van der Waals surface area contributed by atoms with Crippen molar-refractivity contribution < 1.29 is 9.59 Å². The Balaban J connectivity index is 4.16. The molecule has 5 heteroatoms. The summed E-state index contributed by atoms with van der Waals surface area (Å²) >= 11 is 11.3. The number of halogens is 2. The van der Waals surface area contributed by atoms with E-state index in [1.165, 1.54) is 11.1 Å². The Kier molecular flexibility index (Phi) is 14.8. The number of Topliss-reactive ketones (excluding diaryl/α,β-unsaturated/α-hetero) is 1. The van der Waals surface area contributed by atoms with Gasteiger partial charge < -0.3 is 5.32 Å². The lowest BCUT2D eigenvalue weighted by Crippen LogP contribution is -2.35. The number of carbonyl (C=O) groups excluding carboxylic acids is 2. The average Bonchev–Trinajstić information content (AvgIpc) is 2.60. The molecule has 0 aromatic rings. The second-order valence-electron chi connectivity index (χ2n) is 7.22. The smallest absolute Gasteiger partial charge is 0.220 e. The topological polar surface area (TPSA) is 46.2 Å². The van der Waals surface area contributed by atoms with E-state index in [1.54, 1.807) is 5.54 Å². The zero-order valence-corrected chi connectivity index (χ0v) is 18.2. The van der Waals surface area contributed by atoms with Gasteiger partial charge in [0, 0.05) is 35.4 Å². The molecule has 0 aliphatic carbocycles. The fourth-order valence-electron chi connectivity index (χ4n) is 3.12. The Morgan fingerprint density at radius 1 is 1.04 bits per heavy atom. The van der Waals surface area contributed by atoms with Crippen molar-refractivity contribution in [1.29, 1.82) is 0 Å². The van der Waals surface area contributed by atoms with Crippen molar-refractivity contribution in [2.45, 2.75) is 85.1 Å². The van der Waals surface area contributed by atoms with Crippen LogP contribution in [0.4, 0.5) is 0 Å². The first-order valence-corrected chi connectivity index (χ1v) is 10.6. The van der Waals surface area contributed by atoms with Gasteiger partial charge in [0.15, 0.2) is 0 Å². The van der Waals surface area contributed by atoms with E-state index in [0.717, 1.165) is 38.5 Å². The molecule has 3 nitrogen and oxygen atoms in total. The van der Waals surface area contributed by atoms with Gasteiger partial charge in [-0.3, -0.25) is 9.59 Å².